The first kappa shape index (κ1) is 19.9. The van der Waals surface area contributed by atoms with Gasteiger partial charge >= 0.3 is 0 Å². The maximum atomic E-state index is 12.7. The van der Waals surface area contributed by atoms with Gasteiger partial charge in [-0.3, -0.25) is 19.8 Å². The number of amides is 1. The second kappa shape index (κ2) is 8.44. The van der Waals surface area contributed by atoms with Gasteiger partial charge < -0.3 is 9.80 Å². The summed E-state index contributed by atoms with van der Waals surface area (Å²) >= 11 is 5.90. The van der Waals surface area contributed by atoms with E-state index in [-0.39, 0.29) is 11.6 Å². The van der Waals surface area contributed by atoms with Crippen LogP contribution in [0.15, 0.2) is 18.2 Å². The number of carbonyl (C=O) groups excluding carboxylic acids is 1. The summed E-state index contributed by atoms with van der Waals surface area (Å²) in [5.74, 6) is 1.30. The maximum absolute atomic E-state index is 12.7. The number of nitro benzene ring substituents is 1. The molecule has 2 heterocycles. The lowest BCUT2D eigenvalue weighted by molar-refractivity contribution is -0.384. The van der Waals surface area contributed by atoms with Crippen molar-refractivity contribution < 1.29 is 9.72 Å². The van der Waals surface area contributed by atoms with E-state index in [9.17, 15) is 14.9 Å². The summed E-state index contributed by atoms with van der Waals surface area (Å²) in [5.41, 5.74) is 0.623. The maximum Gasteiger partial charge on any atom is 0.294 e. The van der Waals surface area contributed by atoms with Gasteiger partial charge in [0, 0.05) is 50.4 Å². The zero-order chi connectivity index (χ0) is 19.6. The molecule has 7 nitrogen and oxygen atoms in total. The van der Waals surface area contributed by atoms with Crippen molar-refractivity contribution >= 4 is 28.9 Å². The number of piperazine rings is 1. The van der Waals surface area contributed by atoms with Crippen LogP contribution >= 0.6 is 11.6 Å². The van der Waals surface area contributed by atoms with Crippen LogP contribution in [0, 0.1) is 22.0 Å². The number of hydrogen-bond acceptors (Lipinski definition) is 5. The third-order valence-electron chi connectivity index (χ3n) is 5.43. The standard InChI is InChI=1S/C19H27ClN4O3/c1-14-9-15(2)12-23(11-14)19(25)13-21-5-7-22(8-6-21)17-4-3-16(20)10-18(17)24(26)27/h3-4,10,14-15H,5-9,11-13H2,1-2H3. The van der Waals surface area contributed by atoms with Crippen molar-refractivity contribution in [2.45, 2.75) is 20.3 Å². The molecule has 1 aromatic carbocycles. The van der Waals surface area contributed by atoms with E-state index in [1.165, 1.54) is 12.5 Å². The van der Waals surface area contributed by atoms with E-state index in [0.717, 1.165) is 13.1 Å². The number of anilines is 1. The number of benzene rings is 1. The summed E-state index contributed by atoms with van der Waals surface area (Å²) in [7, 11) is 0. The Morgan fingerprint density at radius 3 is 2.41 bits per heavy atom. The SMILES string of the molecule is CC1CC(C)CN(C(=O)CN2CCN(c3ccc(Cl)cc3[N+](=O)[O-])CC2)C1. The molecular weight excluding hydrogens is 368 g/mol. The van der Waals surface area contributed by atoms with Gasteiger partial charge in [0.25, 0.3) is 5.69 Å². The second-order valence-corrected chi connectivity index (χ2v) is 8.33. The summed E-state index contributed by atoms with van der Waals surface area (Å²) in [6, 6.07) is 4.78. The van der Waals surface area contributed by atoms with Gasteiger partial charge in [-0.05, 0) is 30.4 Å². The average molecular weight is 395 g/mol. The molecule has 0 radical (unpaired) electrons. The Balaban J connectivity index is 1.56. The molecule has 2 fully saturated rings. The Kier molecular flexibility index (Phi) is 6.22. The van der Waals surface area contributed by atoms with Crippen LogP contribution in [0.1, 0.15) is 20.3 Å². The van der Waals surface area contributed by atoms with Crippen molar-refractivity contribution in [1.29, 1.82) is 0 Å². The van der Waals surface area contributed by atoms with Crippen LogP contribution in [0.5, 0.6) is 0 Å². The molecule has 0 N–H and O–H groups in total. The predicted molar refractivity (Wildman–Crippen MR) is 106 cm³/mol. The second-order valence-electron chi connectivity index (χ2n) is 7.90. The number of nitro groups is 1. The normalized spacial score (nSPS) is 24.1. The van der Waals surface area contributed by atoms with Crippen LogP contribution in [-0.2, 0) is 4.79 Å². The summed E-state index contributed by atoms with van der Waals surface area (Å²) in [6.07, 6.45) is 1.18. The lowest BCUT2D eigenvalue weighted by atomic mass is 9.92. The number of hydrogen-bond donors (Lipinski definition) is 0. The van der Waals surface area contributed by atoms with E-state index in [4.69, 9.17) is 11.6 Å². The van der Waals surface area contributed by atoms with Crippen molar-refractivity contribution in [2.75, 3.05) is 50.7 Å². The molecule has 0 saturated carbocycles. The van der Waals surface area contributed by atoms with Gasteiger partial charge in [-0.2, -0.15) is 0 Å². The quantitative estimate of drug-likeness (QED) is 0.580. The van der Waals surface area contributed by atoms with Gasteiger partial charge in [-0.15, -0.1) is 0 Å². The van der Waals surface area contributed by atoms with E-state index < -0.39 is 4.92 Å². The molecule has 8 heteroatoms. The van der Waals surface area contributed by atoms with Crippen LogP contribution in [0.25, 0.3) is 0 Å². The van der Waals surface area contributed by atoms with Gasteiger partial charge in [0.1, 0.15) is 5.69 Å². The summed E-state index contributed by atoms with van der Waals surface area (Å²) in [5, 5.41) is 11.7. The van der Waals surface area contributed by atoms with Crippen molar-refractivity contribution in [1.82, 2.24) is 9.80 Å². The zero-order valence-electron chi connectivity index (χ0n) is 15.9. The van der Waals surface area contributed by atoms with Gasteiger partial charge in [0.15, 0.2) is 0 Å². The highest BCUT2D eigenvalue weighted by Crippen LogP contribution is 2.31. The largest absolute Gasteiger partial charge is 0.363 e. The molecule has 0 bridgehead atoms. The Morgan fingerprint density at radius 2 is 1.81 bits per heavy atom. The fourth-order valence-electron chi connectivity index (χ4n) is 4.21. The third-order valence-corrected chi connectivity index (χ3v) is 5.66. The predicted octanol–water partition coefficient (Wildman–Crippen LogP) is 2.87. The highest BCUT2D eigenvalue weighted by molar-refractivity contribution is 6.30. The van der Waals surface area contributed by atoms with E-state index in [2.05, 4.69) is 18.7 Å². The fourth-order valence-corrected chi connectivity index (χ4v) is 4.38. The highest BCUT2D eigenvalue weighted by Gasteiger charge is 2.28. The smallest absolute Gasteiger partial charge is 0.294 e. The first-order chi connectivity index (χ1) is 12.8. The van der Waals surface area contributed by atoms with Crippen LogP contribution in [0.3, 0.4) is 0 Å². The number of rotatable bonds is 4. The van der Waals surface area contributed by atoms with Crippen LogP contribution in [0.2, 0.25) is 5.02 Å². The Bertz CT molecular complexity index is 696. The first-order valence-corrected chi connectivity index (χ1v) is 9.90. The molecule has 2 saturated heterocycles. The van der Waals surface area contributed by atoms with Gasteiger partial charge in [0.2, 0.25) is 5.91 Å². The third kappa shape index (κ3) is 4.90. The summed E-state index contributed by atoms with van der Waals surface area (Å²) < 4.78 is 0. The highest BCUT2D eigenvalue weighted by atomic mass is 35.5. The molecule has 2 aliphatic rings. The minimum Gasteiger partial charge on any atom is -0.363 e. The van der Waals surface area contributed by atoms with E-state index in [1.807, 2.05) is 9.80 Å². The van der Waals surface area contributed by atoms with E-state index in [0.29, 0.717) is 55.3 Å². The number of carbonyl (C=O) groups is 1. The molecule has 0 aliphatic carbocycles. The topological polar surface area (TPSA) is 69.9 Å². The first-order valence-electron chi connectivity index (χ1n) is 9.52. The summed E-state index contributed by atoms with van der Waals surface area (Å²) in [6.45, 7) is 9.26. The summed E-state index contributed by atoms with van der Waals surface area (Å²) in [4.78, 5) is 29.7. The Labute approximate surface area is 165 Å². The minimum atomic E-state index is -0.393. The molecular formula is C19H27ClN4O3. The van der Waals surface area contributed by atoms with Crippen LogP contribution in [-0.4, -0.2) is 66.4 Å². The monoisotopic (exact) mass is 394 g/mol. The number of nitrogens with zero attached hydrogens (tertiary/aromatic N) is 4. The molecule has 27 heavy (non-hydrogen) atoms. The fraction of sp³-hybridized carbons (Fsp3) is 0.632. The van der Waals surface area contributed by atoms with Crippen LogP contribution in [0.4, 0.5) is 11.4 Å². The molecule has 2 aliphatic heterocycles. The molecule has 1 amide bonds. The van der Waals surface area contributed by atoms with E-state index >= 15 is 0 Å². The Morgan fingerprint density at radius 1 is 1.19 bits per heavy atom. The average Bonchev–Trinajstić information content (AvgIpc) is 2.61. The number of likely N-dealkylation sites (tertiary alicyclic amines) is 1. The molecule has 2 atom stereocenters. The number of piperidine rings is 1. The lowest BCUT2D eigenvalue weighted by Gasteiger charge is -2.38. The van der Waals surface area contributed by atoms with E-state index in [1.54, 1.807) is 12.1 Å². The van der Waals surface area contributed by atoms with Gasteiger partial charge in [0.05, 0.1) is 11.5 Å². The van der Waals surface area contributed by atoms with Crippen LogP contribution < -0.4 is 4.90 Å². The van der Waals surface area contributed by atoms with Gasteiger partial charge in [-0.25, -0.2) is 0 Å². The van der Waals surface area contributed by atoms with Gasteiger partial charge in [-0.1, -0.05) is 25.4 Å². The van der Waals surface area contributed by atoms with Crippen molar-refractivity contribution in [3.8, 4) is 0 Å². The molecule has 1 aromatic rings. The Hall–Kier alpha value is -1.86. The molecule has 2 unspecified atom stereocenters. The zero-order valence-corrected chi connectivity index (χ0v) is 16.7. The number of halogens is 1. The van der Waals surface area contributed by atoms with Crippen molar-refractivity contribution in [3.05, 3.63) is 33.3 Å². The lowest BCUT2D eigenvalue weighted by Crippen LogP contribution is -2.52. The molecule has 0 spiro atoms. The molecule has 3 rings (SSSR count). The molecule has 0 aromatic heterocycles. The van der Waals surface area contributed by atoms with Crippen molar-refractivity contribution in [2.24, 2.45) is 11.8 Å². The minimum absolute atomic E-state index is 0.0309. The van der Waals surface area contributed by atoms with Crippen molar-refractivity contribution in [3.63, 3.8) is 0 Å². The molecule has 148 valence electrons.